The van der Waals surface area contributed by atoms with Crippen molar-refractivity contribution in [3.63, 3.8) is 0 Å². The van der Waals surface area contributed by atoms with Crippen LogP contribution in [-0.2, 0) is 125 Å². The quantitative estimate of drug-likeness (QED) is 0.0138. The number of thiophene rings is 1. The van der Waals surface area contributed by atoms with Crippen LogP contribution >= 0.6 is 22.9 Å². The van der Waals surface area contributed by atoms with Crippen LogP contribution in [0.2, 0.25) is 5.02 Å². The molecule has 0 unspecified atom stereocenters. The highest BCUT2D eigenvalue weighted by Gasteiger charge is 2.34. The van der Waals surface area contributed by atoms with Crippen LogP contribution in [0.4, 0.5) is 24.5 Å². The number of aliphatic carboxylic acids is 2. The van der Waals surface area contributed by atoms with E-state index < -0.39 is 89.6 Å². The number of piperazine rings is 1. The number of carbonyl (C=O) groups excluding carboxylic acids is 8. The van der Waals surface area contributed by atoms with E-state index >= 15 is 0 Å². The molecule has 2 aliphatic heterocycles. The number of amides is 9. The number of imide groups is 1. The molecule has 3 atom stereocenters. The number of carboxylic acid groups (broad SMARTS) is 2. The van der Waals surface area contributed by atoms with Gasteiger partial charge in [0.25, 0.3) is 11.8 Å². The molecule has 780 valence electrons. The third-order valence-corrected chi connectivity index (χ3v) is 24.1. The number of nitrogens with one attached hydrogen (secondary N) is 4. The topological polar surface area (TPSA) is 519 Å². The summed E-state index contributed by atoms with van der Waals surface area (Å²) in [5.41, 5.74) is 10.9. The number of primary amides is 1. The second kappa shape index (κ2) is 59.6. The van der Waals surface area contributed by atoms with E-state index in [0.717, 1.165) is 17.1 Å². The fourth-order valence-corrected chi connectivity index (χ4v) is 16.2. The van der Waals surface area contributed by atoms with E-state index in [0.29, 0.717) is 213 Å². The van der Waals surface area contributed by atoms with Crippen LogP contribution in [0.1, 0.15) is 73.2 Å². The Bertz CT molecular complexity index is 5760. The second-order valence-electron chi connectivity index (χ2n) is 33.3. The molecule has 2 aliphatic rings. The molecule has 9 amide bonds. The maximum atomic E-state index is 14.6. The van der Waals surface area contributed by atoms with Gasteiger partial charge in [-0.1, -0.05) is 85.3 Å². The summed E-state index contributed by atoms with van der Waals surface area (Å²) < 4.78 is 102. The lowest BCUT2D eigenvalue weighted by Crippen LogP contribution is -2.54. The molecule has 1 fully saturated rings. The van der Waals surface area contributed by atoms with Gasteiger partial charge in [0.15, 0.2) is 5.82 Å². The number of para-hydroxylation sites is 2. The van der Waals surface area contributed by atoms with Crippen molar-refractivity contribution in [3.05, 3.63) is 185 Å². The molecule has 46 heteroatoms. The number of hydrogen-bond donors (Lipinski definition) is 7. The van der Waals surface area contributed by atoms with Crippen LogP contribution < -0.4 is 45.9 Å². The number of nitrogens with two attached hydrogens (primary N) is 1. The first-order valence-electron chi connectivity index (χ1n) is 47.2. The van der Waals surface area contributed by atoms with Crippen LogP contribution in [0.5, 0.6) is 23.1 Å². The number of hydrogen-bond acceptors (Lipinski definition) is 33. The summed E-state index contributed by atoms with van der Waals surface area (Å²) in [6, 6.07) is 27.2. The highest BCUT2D eigenvalue weighted by Crippen LogP contribution is 2.50. The van der Waals surface area contributed by atoms with Crippen LogP contribution in [-0.4, -0.2) is 328 Å². The van der Waals surface area contributed by atoms with Gasteiger partial charge < -0.3 is 118 Å². The Kier molecular flexibility index (Phi) is 46.0. The van der Waals surface area contributed by atoms with Crippen molar-refractivity contribution in [2.45, 2.75) is 104 Å². The molecular weight excluding hydrogens is 1930 g/mol. The van der Waals surface area contributed by atoms with E-state index in [1.54, 1.807) is 105 Å². The van der Waals surface area contributed by atoms with Crippen molar-refractivity contribution >= 4 is 98.5 Å². The Morgan fingerprint density at radius 3 is 1.91 bits per heavy atom. The lowest BCUT2D eigenvalue weighted by atomic mass is 9.96. The number of anilines is 1. The van der Waals surface area contributed by atoms with Crippen molar-refractivity contribution < 1.29 is 134 Å². The number of benzene rings is 5. The molecule has 9 aromatic rings. The predicted molar refractivity (Wildman–Crippen MR) is 525 cm³/mol. The van der Waals surface area contributed by atoms with E-state index in [-0.39, 0.29) is 134 Å². The minimum absolute atomic E-state index is 0.0220. The van der Waals surface area contributed by atoms with Gasteiger partial charge in [0.05, 0.1) is 173 Å². The van der Waals surface area contributed by atoms with E-state index in [1.165, 1.54) is 46.4 Å². The average Bonchev–Trinajstić information content (AvgIpc) is 1.59. The number of carbonyl (C=O) groups is 10. The van der Waals surface area contributed by atoms with Crippen molar-refractivity contribution in [2.75, 3.05) is 191 Å². The summed E-state index contributed by atoms with van der Waals surface area (Å²) in [7, 11) is 3.05. The Balaban J connectivity index is 0.674. The Morgan fingerprint density at radius 2 is 1.26 bits per heavy atom. The van der Waals surface area contributed by atoms with Gasteiger partial charge in [0.2, 0.25) is 29.7 Å². The average molecular weight is 2050 g/mol. The largest absolute Gasteiger partial charge is 0.496 e. The molecule has 43 nitrogen and oxygen atoms in total. The molecule has 1 saturated heterocycles. The summed E-state index contributed by atoms with van der Waals surface area (Å²) in [5.74, 6) is -4.27. The molecule has 5 aromatic carbocycles. The smallest absolute Gasteiger partial charge is 0.410 e. The number of fused-ring (bicyclic) bond motifs is 1. The van der Waals surface area contributed by atoms with Gasteiger partial charge in [0.1, 0.15) is 78.4 Å². The summed E-state index contributed by atoms with van der Waals surface area (Å²) in [6.07, 6.45) is 3.66. The molecule has 4 aromatic heterocycles. The van der Waals surface area contributed by atoms with Gasteiger partial charge in [-0.05, 0) is 114 Å². The number of ether oxygens (including phenoxy) is 15. The number of carboxylic acids is 2. The molecule has 145 heavy (non-hydrogen) atoms. The van der Waals surface area contributed by atoms with Crippen LogP contribution in [0, 0.1) is 18.7 Å². The zero-order valence-corrected chi connectivity index (χ0v) is 82.9. The predicted octanol–water partition coefficient (Wildman–Crippen LogP) is 8.89. The molecular formula is C99H122ClFN16O27S. The van der Waals surface area contributed by atoms with Crippen LogP contribution in [0.25, 0.3) is 43.2 Å². The maximum absolute atomic E-state index is 14.6. The first kappa shape index (κ1) is 112. The van der Waals surface area contributed by atoms with Gasteiger partial charge >= 0.3 is 30.2 Å². The number of halogens is 2. The van der Waals surface area contributed by atoms with E-state index in [9.17, 15) is 57.4 Å². The molecule has 8 N–H and O–H groups in total. The molecule has 11 rings (SSSR count). The van der Waals surface area contributed by atoms with Crippen LogP contribution in [0.15, 0.2) is 140 Å². The normalized spacial score (nSPS) is 13.2. The zero-order chi connectivity index (χ0) is 103. The van der Waals surface area contributed by atoms with Gasteiger partial charge in [-0.2, -0.15) is 0 Å². The lowest BCUT2D eigenvalue weighted by molar-refractivity contribution is -0.145. The number of nitrogens with zero attached hydrogens (tertiary/aromatic N) is 11. The fourth-order valence-electron chi connectivity index (χ4n) is 14.8. The number of aromatic nitrogens is 7. The van der Waals surface area contributed by atoms with Crippen molar-refractivity contribution in [3.8, 4) is 56.1 Å². The minimum atomic E-state index is -1.50. The summed E-state index contributed by atoms with van der Waals surface area (Å²) in [5, 5.41) is 39.3. The third-order valence-electron chi connectivity index (χ3n) is 22.5. The molecule has 0 radical (unpaired) electrons. The van der Waals surface area contributed by atoms with E-state index in [2.05, 4.69) is 51.4 Å². The first-order chi connectivity index (χ1) is 70.3. The first-order valence-corrected chi connectivity index (χ1v) is 48.4. The van der Waals surface area contributed by atoms with E-state index in [1.807, 2.05) is 37.3 Å². The highest BCUT2D eigenvalue weighted by atomic mass is 35.5. The van der Waals surface area contributed by atoms with Crippen molar-refractivity contribution in [1.29, 1.82) is 0 Å². The maximum Gasteiger partial charge on any atom is 0.410 e. The fraction of sp³-hybridized carbons (Fsp3) is 0.455. The van der Waals surface area contributed by atoms with Crippen molar-refractivity contribution in [2.24, 2.45) is 11.7 Å². The lowest BCUT2D eigenvalue weighted by Gasteiger charge is -2.34. The molecule has 0 aliphatic carbocycles. The van der Waals surface area contributed by atoms with Crippen molar-refractivity contribution in [1.82, 2.24) is 70.5 Å². The zero-order valence-electron chi connectivity index (χ0n) is 81.3. The van der Waals surface area contributed by atoms with Gasteiger partial charge in [0, 0.05) is 100 Å². The molecule has 0 bridgehead atoms. The summed E-state index contributed by atoms with van der Waals surface area (Å²) in [4.78, 5) is 155. The van der Waals surface area contributed by atoms with Gasteiger partial charge in [-0.15, -0.1) is 16.4 Å². The van der Waals surface area contributed by atoms with Gasteiger partial charge in [-0.3, -0.25) is 38.6 Å². The van der Waals surface area contributed by atoms with E-state index in [4.69, 9.17) is 98.5 Å². The number of urea groups is 1. The highest BCUT2D eigenvalue weighted by molar-refractivity contribution is 7.22. The summed E-state index contributed by atoms with van der Waals surface area (Å²) in [6.45, 7) is 12.2. The third kappa shape index (κ3) is 36.3. The molecule has 0 saturated carbocycles. The molecule has 0 spiro atoms. The Hall–Kier alpha value is -13.6. The Labute approximate surface area is 845 Å². The number of rotatable bonds is 65. The standard InChI is InChI=1S/C99H122ClFN16O27S/c1-65(2)89(110-82(118)27-38-131-41-37-117-83(119)24-25-84(117)120)93(124)109-77(13-10-29-104-97(102)127)92(123)108-72-21-18-69(70(57-72)59-113(4)98(128)143-63-74-60-116(112-111-74)36-40-133-44-46-135-48-50-137-52-54-139-56-55-138-53-51-136-49-47-134-45-43-132-39-28-85(121)122)61-142-99(129)115-33-31-114(32-34-115)35-42-140-80-23-22-75(66(3)88(80)100)86-87-94(105-64-106-95(87)145-90(86)67-16-19-71(101)20-17-67)144-81(96(125)126)58-68-11-6-8-14-78(68)141-62-73-26-30-103-91(107-73)76-12-7-9-15-79(76)130-5/h6-9,11-12,14-26,30,57,60,64-65,77,81,89H,10,13,27-29,31-56,58-59,61-63H2,1-5H3,(H,108,123)(H,109,124)(H,110,118)(H,121,122)(H,125,126)(H3,102,104,127)/t77-,81+,89-/m0/s1. The second-order valence-corrected chi connectivity index (χ2v) is 34.7. The number of methoxy groups -OCH3 is 1. The minimum Gasteiger partial charge on any atom is -0.496 e. The summed E-state index contributed by atoms with van der Waals surface area (Å²) >= 11 is 8.56. The van der Waals surface area contributed by atoms with Crippen LogP contribution in [0.3, 0.4) is 0 Å². The SMILES string of the molecule is COc1ccccc1-c1nccc(COc2ccccc2C[C@@H](Oc2ncnc3sc(-c4ccc(F)cc4)c(-c4ccc(OCCN5CCN(C(=O)OCc6ccc(NC(=O)[C@H](CCCNC(N)=O)NC(=O)[C@@H](NC(=O)CCOCCN7C(=O)C=CC7=O)C(C)C)cc6CN(C)C(=O)OCc6cn(CCOCCOCCOCCOCCOCCOCCOCCOCCC(=O)O)nn6)CC5)c(Cl)c4C)c23)C(=O)O)n1. The monoisotopic (exact) mass is 2050 g/mol. The molecule has 6 heterocycles. The Morgan fingerprint density at radius 1 is 0.621 bits per heavy atom. The van der Waals surface area contributed by atoms with Gasteiger partial charge in [-0.25, -0.2) is 48.2 Å².